The van der Waals surface area contributed by atoms with Crippen LogP contribution in [0.15, 0.2) is 24.8 Å². The summed E-state index contributed by atoms with van der Waals surface area (Å²) in [5.41, 5.74) is 0. The molecule has 0 atom stereocenters. The number of hydrogen-bond donors (Lipinski definition) is 3. The second-order valence-corrected chi connectivity index (χ2v) is 5.72. The first-order chi connectivity index (χ1) is 11.3. The highest BCUT2D eigenvalue weighted by molar-refractivity contribution is 4.90. The van der Waals surface area contributed by atoms with Crippen molar-refractivity contribution in [2.75, 3.05) is 26.2 Å². The van der Waals surface area contributed by atoms with Gasteiger partial charge in [-0.15, -0.1) is 0 Å². The molecule has 2 aromatic heterocycles. The Labute approximate surface area is 138 Å². The number of aromatic nitrogens is 4. The average molecular weight is 319 g/mol. The molecule has 2 heterocycles. The lowest BCUT2D eigenvalue weighted by molar-refractivity contribution is 0.552. The van der Waals surface area contributed by atoms with Gasteiger partial charge in [0.15, 0.2) is 0 Å². The number of aryl methyl sites for hydroxylation is 2. The number of rotatable bonds is 12. The molecule has 2 rings (SSSR count). The Morgan fingerprint density at radius 1 is 0.739 bits per heavy atom. The second kappa shape index (κ2) is 10.1. The molecular weight excluding hydrogens is 290 g/mol. The maximum Gasteiger partial charge on any atom is 0.122 e. The fourth-order valence-electron chi connectivity index (χ4n) is 2.34. The molecule has 0 aliphatic rings. The maximum absolute atomic E-state index is 4.29. The zero-order chi connectivity index (χ0) is 16.3. The molecule has 7 heteroatoms. The van der Waals surface area contributed by atoms with Gasteiger partial charge in [0, 0.05) is 38.9 Å². The third kappa shape index (κ3) is 6.52. The Bertz CT molecular complexity index is 498. The van der Waals surface area contributed by atoms with Gasteiger partial charge in [0.1, 0.15) is 11.6 Å². The van der Waals surface area contributed by atoms with Crippen molar-refractivity contribution in [2.45, 2.75) is 25.9 Å². The van der Waals surface area contributed by atoms with E-state index in [1.165, 1.54) is 0 Å². The Morgan fingerprint density at radius 2 is 1.17 bits per heavy atom. The van der Waals surface area contributed by atoms with Crippen LogP contribution in [0.4, 0.5) is 0 Å². The minimum Gasteiger partial charge on any atom is -0.337 e. The summed E-state index contributed by atoms with van der Waals surface area (Å²) in [5.74, 6) is 2.16. The molecule has 0 bridgehead atoms. The molecule has 0 spiro atoms. The Morgan fingerprint density at radius 3 is 1.57 bits per heavy atom. The minimum atomic E-state index is 0.834. The molecule has 0 fully saturated rings. The van der Waals surface area contributed by atoms with Gasteiger partial charge < -0.3 is 25.1 Å². The lowest BCUT2D eigenvalue weighted by Crippen LogP contribution is -2.25. The molecule has 3 N–H and O–H groups in total. The van der Waals surface area contributed by atoms with Crippen LogP contribution in [0.3, 0.4) is 0 Å². The molecule has 7 nitrogen and oxygen atoms in total. The van der Waals surface area contributed by atoms with Gasteiger partial charge in [-0.2, -0.15) is 0 Å². The van der Waals surface area contributed by atoms with Crippen LogP contribution >= 0.6 is 0 Å². The van der Waals surface area contributed by atoms with Gasteiger partial charge in [0.25, 0.3) is 0 Å². The van der Waals surface area contributed by atoms with Crippen molar-refractivity contribution in [1.29, 1.82) is 0 Å². The highest BCUT2D eigenvalue weighted by Gasteiger charge is 1.98. The zero-order valence-electron chi connectivity index (χ0n) is 14.3. The van der Waals surface area contributed by atoms with E-state index >= 15 is 0 Å². The van der Waals surface area contributed by atoms with E-state index < -0.39 is 0 Å². The van der Waals surface area contributed by atoms with Crippen LogP contribution in [0, 0.1) is 0 Å². The van der Waals surface area contributed by atoms with Gasteiger partial charge >= 0.3 is 0 Å². The number of nitrogens with zero attached hydrogens (tertiary/aromatic N) is 4. The summed E-state index contributed by atoms with van der Waals surface area (Å²) in [6, 6.07) is 0. The minimum absolute atomic E-state index is 0.834. The van der Waals surface area contributed by atoms with Crippen LogP contribution in [-0.4, -0.2) is 45.3 Å². The fourth-order valence-corrected chi connectivity index (χ4v) is 2.34. The molecule has 0 unspecified atom stereocenters. The van der Waals surface area contributed by atoms with Gasteiger partial charge in [-0.1, -0.05) is 0 Å². The van der Waals surface area contributed by atoms with Crippen molar-refractivity contribution >= 4 is 0 Å². The first-order valence-corrected chi connectivity index (χ1v) is 8.32. The van der Waals surface area contributed by atoms with E-state index in [0.29, 0.717) is 0 Å². The SMILES string of the molecule is Cn1ccnc1CNCCCNCCCNCc1nccn1C. The van der Waals surface area contributed by atoms with Crippen LogP contribution in [0.2, 0.25) is 0 Å². The van der Waals surface area contributed by atoms with E-state index in [1.807, 2.05) is 48.0 Å². The molecule has 0 saturated heterocycles. The number of imidazole rings is 2. The van der Waals surface area contributed by atoms with Crippen molar-refractivity contribution in [1.82, 2.24) is 35.1 Å². The monoisotopic (exact) mass is 319 g/mol. The van der Waals surface area contributed by atoms with E-state index in [4.69, 9.17) is 0 Å². The Kier molecular flexibility index (Phi) is 7.79. The van der Waals surface area contributed by atoms with Crippen LogP contribution in [0.1, 0.15) is 24.5 Å². The summed E-state index contributed by atoms with van der Waals surface area (Å²) in [6.07, 6.45) is 9.87. The predicted octanol–water partition coefficient (Wildman–Crippen LogP) is 0.403. The summed E-state index contributed by atoms with van der Waals surface area (Å²) in [4.78, 5) is 8.57. The Balaban J connectivity index is 1.36. The van der Waals surface area contributed by atoms with Gasteiger partial charge in [-0.3, -0.25) is 0 Å². The highest BCUT2D eigenvalue weighted by atomic mass is 15.1. The molecular formula is C16H29N7. The largest absolute Gasteiger partial charge is 0.337 e. The molecule has 0 saturated carbocycles. The standard InChI is InChI=1S/C16H29N7/c1-22-11-9-20-15(22)13-18-7-3-5-17-6-4-8-19-14-16-21-10-12-23(16)2/h9-12,17-19H,3-8,13-14H2,1-2H3. The summed E-state index contributed by atoms with van der Waals surface area (Å²) in [6.45, 7) is 5.79. The van der Waals surface area contributed by atoms with Crippen molar-refractivity contribution < 1.29 is 0 Å². The zero-order valence-corrected chi connectivity index (χ0v) is 14.3. The smallest absolute Gasteiger partial charge is 0.122 e. The van der Waals surface area contributed by atoms with E-state index in [2.05, 4.69) is 25.9 Å². The van der Waals surface area contributed by atoms with Crippen LogP contribution in [-0.2, 0) is 27.2 Å². The average Bonchev–Trinajstić information content (AvgIpc) is 3.14. The lowest BCUT2D eigenvalue weighted by Gasteiger charge is -2.07. The van der Waals surface area contributed by atoms with Crippen LogP contribution < -0.4 is 16.0 Å². The highest BCUT2D eigenvalue weighted by Crippen LogP contribution is 1.93. The summed E-state index contributed by atoms with van der Waals surface area (Å²) >= 11 is 0. The van der Waals surface area contributed by atoms with E-state index in [-0.39, 0.29) is 0 Å². The molecule has 0 radical (unpaired) electrons. The molecule has 0 aliphatic carbocycles. The van der Waals surface area contributed by atoms with E-state index in [0.717, 1.165) is 63.8 Å². The summed E-state index contributed by atoms with van der Waals surface area (Å²) in [5, 5.41) is 10.3. The van der Waals surface area contributed by atoms with Crippen molar-refractivity contribution in [3.8, 4) is 0 Å². The molecule has 0 aromatic carbocycles. The molecule has 2 aromatic rings. The van der Waals surface area contributed by atoms with Crippen molar-refractivity contribution in [3.05, 3.63) is 36.4 Å². The third-order valence-electron chi connectivity index (χ3n) is 3.82. The predicted molar refractivity (Wildman–Crippen MR) is 91.9 cm³/mol. The Hall–Kier alpha value is -1.70. The molecule has 128 valence electrons. The van der Waals surface area contributed by atoms with Crippen LogP contribution in [0.25, 0.3) is 0 Å². The summed E-state index contributed by atoms with van der Waals surface area (Å²) in [7, 11) is 4.04. The van der Waals surface area contributed by atoms with Gasteiger partial charge in [0.2, 0.25) is 0 Å². The normalized spacial score (nSPS) is 11.2. The quantitative estimate of drug-likeness (QED) is 0.494. The van der Waals surface area contributed by atoms with Gasteiger partial charge in [0.05, 0.1) is 13.1 Å². The first-order valence-electron chi connectivity index (χ1n) is 8.32. The van der Waals surface area contributed by atoms with E-state index in [1.54, 1.807) is 0 Å². The number of nitrogens with one attached hydrogen (secondary N) is 3. The van der Waals surface area contributed by atoms with Crippen LogP contribution in [0.5, 0.6) is 0 Å². The van der Waals surface area contributed by atoms with Crippen molar-refractivity contribution in [2.24, 2.45) is 14.1 Å². The molecule has 0 aliphatic heterocycles. The van der Waals surface area contributed by atoms with Crippen molar-refractivity contribution in [3.63, 3.8) is 0 Å². The second-order valence-electron chi connectivity index (χ2n) is 5.72. The fraction of sp³-hybridized carbons (Fsp3) is 0.625. The lowest BCUT2D eigenvalue weighted by atomic mass is 10.3. The molecule has 0 amide bonds. The maximum atomic E-state index is 4.29. The molecule has 23 heavy (non-hydrogen) atoms. The first kappa shape index (κ1) is 17.7. The van der Waals surface area contributed by atoms with Gasteiger partial charge in [-0.25, -0.2) is 9.97 Å². The topological polar surface area (TPSA) is 71.7 Å². The van der Waals surface area contributed by atoms with E-state index in [9.17, 15) is 0 Å². The van der Waals surface area contributed by atoms with Gasteiger partial charge in [-0.05, 0) is 39.0 Å². The number of hydrogen-bond acceptors (Lipinski definition) is 5. The summed E-state index contributed by atoms with van der Waals surface area (Å²) < 4.78 is 4.09. The third-order valence-corrected chi connectivity index (χ3v) is 3.82.